The van der Waals surface area contributed by atoms with Crippen LogP contribution >= 0.6 is 0 Å². The number of rotatable bonds is 2. The highest BCUT2D eigenvalue weighted by Crippen LogP contribution is 2.42. The number of carbonyl (C=O) groups is 3. The maximum Gasteiger partial charge on any atom is 0.330 e. The lowest BCUT2D eigenvalue weighted by molar-refractivity contribution is -0.153. The van der Waals surface area contributed by atoms with E-state index in [1.807, 2.05) is 19.1 Å². The molecule has 0 aromatic rings. The van der Waals surface area contributed by atoms with Gasteiger partial charge in [-0.05, 0) is 19.3 Å². The fourth-order valence-electron chi connectivity index (χ4n) is 2.73. The van der Waals surface area contributed by atoms with Crippen LogP contribution in [0.5, 0.6) is 0 Å². The van der Waals surface area contributed by atoms with E-state index in [9.17, 15) is 14.4 Å². The van der Waals surface area contributed by atoms with Crippen molar-refractivity contribution >= 4 is 17.8 Å². The van der Waals surface area contributed by atoms with Crippen LogP contribution in [0.15, 0.2) is 12.2 Å². The molecule has 1 aliphatic carbocycles. The number of nitrogens with zero attached hydrogens (tertiary/aromatic N) is 1. The van der Waals surface area contributed by atoms with Gasteiger partial charge in [-0.15, -0.1) is 0 Å². The summed E-state index contributed by atoms with van der Waals surface area (Å²) in [7, 11) is 1.41. The summed E-state index contributed by atoms with van der Waals surface area (Å²) in [5.41, 5.74) is -1.10. The van der Waals surface area contributed by atoms with Crippen molar-refractivity contribution in [3.63, 3.8) is 0 Å². The van der Waals surface area contributed by atoms with Gasteiger partial charge in [-0.2, -0.15) is 0 Å². The fraction of sp³-hybridized carbons (Fsp3) is 0.583. The second-order valence-electron chi connectivity index (χ2n) is 4.56. The van der Waals surface area contributed by atoms with Crippen LogP contribution in [0.2, 0.25) is 0 Å². The lowest BCUT2D eigenvalue weighted by atomic mass is 9.70. The maximum atomic E-state index is 12.3. The summed E-state index contributed by atoms with van der Waals surface area (Å²) in [4.78, 5) is 36.8. The van der Waals surface area contributed by atoms with Gasteiger partial charge in [-0.25, -0.2) is 4.79 Å². The van der Waals surface area contributed by atoms with Crippen LogP contribution in [0.1, 0.15) is 26.2 Å². The van der Waals surface area contributed by atoms with E-state index in [1.54, 1.807) is 0 Å². The minimum Gasteiger partial charge on any atom is -0.277 e. The monoisotopic (exact) mass is 236 g/mol. The Morgan fingerprint density at radius 3 is 2.71 bits per heavy atom. The number of imide groups is 2. The van der Waals surface area contributed by atoms with E-state index >= 15 is 0 Å². The van der Waals surface area contributed by atoms with Crippen molar-refractivity contribution in [2.75, 3.05) is 7.05 Å². The molecule has 1 aliphatic heterocycles. The molecule has 2 atom stereocenters. The molecular weight excluding hydrogens is 220 g/mol. The molecule has 5 nitrogen and oxygen atoms in total. The Bertz CT molecular complexity index is 416. The SMILES string of the molecule is CCC1(C2C=CCC2)C(=O)NC(=O)N(C)C1=O. The van der Waals surface area contributed by atoms with Gasteiger partial charge in [0.25, 0.3) is 0 Å². The van der Waals surface area contributed by atoms with Crippen LogP contribution in [-0.2, 0) is 9.59 Å². The molecule has 2 unspecified atom stereocenters. The first-order chi connectivity index (χ1) is 8.04. The summed E-state index contributed by atoms with van der Waals surface area (Å²) in [6.07, 6.45) is 5.98. The Balaban J connectivity index is 2.43. The molecule has 1 N–H and O–H groups in total. The van der Waals surface area contributed by atoms with E-state index < -0.39 is 17.4 Å². The van der Waals surface area contributed by atoms with Crippen molar-refractivity contribution in [2.45, 2.75) is 26.2 Å². The molecule has 1 saturated heterocycles. The molecule has 0 bridgehead atoms. The van der Waals surface area contributed by atoms with Crippen molar-refractivity contribution < 1.29 is 14.4 Å². The first kappa shape index (κ1) is 11.8. The third-order valence-corrected chi connectivity index (χ3v) is 3.82. The zero-order chi connectivity index (χ0) is 12.6. The van der Waals surface area contributed by atoms with Gasteiger partial charge >= 0.3 is 6.03 Å². The highest BCUT2D eigenvalue weighted by atomic mass is 16.2. The summed E-state index contributed by atoms with van der Waals surface area (Å²) in [5, 5.41) is 2.27. The standard InChI is InChI=1S/C12H16N2O3/c1-3-12(8-6-4-5-7-8)9(15)13-11(17)14(2)10(12)16/h4,6,8H,3,5,7H2,1-2H3,(H,13,15,17). The van der Waals surface area contributed by atoms with Crippen LogP contribution in [0, 0.1) is 11.3 Å². The minimum absolute atomic E-state index is 0.101. The van der Waals surface area contributed by atoms with Gasteiger partial charge in [0.1, 0.15) is 5.41 Å². The Labute approximate surface area is 99.8 Å². The Morgan fingerprint density at radius 1 is 1.47 bits per heavy atom. The Hall–Kier alpha value is -1.65. The van der Waals surface area contributed by atoms with Crippen molar-refractivity contribution in [1.82, 2.24) is 10.2 Å². The lowest BCUT2D eigenvalue weighted by Gasteiger charge is -2.40. The quantitative estimate of drug-likeness (QED) is 0.576. The van der Waals surface area contributed by atoms with Gasteiger partial charge in [-0.3, -0.25) is 19.8 Å². The summed E-state index contributed by atoms with van der Waals surface area (Å²) in [6.45, 7) is 1.81. The predicted octanol–water partition coefficient (Wildman–Crippen LogP) is 1.06. The number of carbonyl (C=O) groups excluding carboxylic acids is 3. The second-order valence-corrected chi connectivity index (χ2v) is 4.56. The predicted molar refractivity (Wildman–Crippen MR) is 60.9 cm³/mol. The molecule has 0 spiro atoms. The van der Waals surface area contributed by atoms with E-state index in [0.29, 0.717) is 6.42 Å². The molecule has 0 aromatic carbocycles. The van der Waals surface area contributed by atoms with Crippen LogP contribution in [0.4, 0.5) is 4.79 Å². The molecule has 2 rings (SSSR count). The van der Waals surface area contributed by atoms with Gasteiger partial charge in [-0.1, -0.05) is 19.1 Å². The molecule has 0 saturated carbocycles. The number of hydrogen-bond acceptors (Lipinski definition) is 3. The van der Waals surface area contributed by atoms with E-state index in [4.69, 9.17) is 0 Å². The maximum absolute atomic E-state index is 12.3. The van der Waals surface area contributed by atoms with Crippen molar-refractivity contribution in [3.05, 3.63) is 12.2 Å². The first-order valence-corrected chi connectivity index (χ1v) is 5.84. The molecule has 1 fully saturated rings. The summed E-state index contributed by atoms with van der Waals surface area (Å²) < 4.78 is 0. The molecule has 1 heterocycles. The van der Waals surface area contributed by atoms with Crippen LogP contribution < -0.4 is 5.32 Å². The Morgan fingerprint density at radius 2 is 2.18 bits per heavy atom. The number of barbiturate groups is 1. The number of allylic oxidation sites excluding steroid dienone is 2. The van der Waals surface area contributed by atoms with Crippen molar-refractivity contribution in [2.24, 2.45) is 11.3 Å². The fourth-order valence-corrected chi connectivity index (χ4v) is 2.73. The topological polar surface area (TPSA) is 66.5 Å². The molecule has 92 valence electrons. The van der Waals surface area contributed by atoms with Gasteiger partial charge in [0.2, 0.25) is 11.8 Å². The van der Waals surface area contributed by atoms with E-state index in [1.165, 1.54) is 7.05 Å². The average molecular weight is 236 g/mol. The van der Waals surface area contributed by atoms with Gasteiger partial charge in [0.05, 0.1) is 0 Å². The molecule has 0 radical (unpaired) electrons. The van der Waals surface area contributed by atoms with Crippen molar-refractivity contribution in [3.8, 4) is 0 Å². The summed E-state index contributed by atoms with van der Waals surface area (Å²) in [5.74, 6) is -0.939. The number of amides is 4. The highest BCUT2D eigenvalue weighted by Gasteiger charge is 2.55. The van der Waals surface area contributed by atoms with Crippen LogP contribution in [0.25, 0.3) is 0 Å². The Kier molecular flexibility index (Phi) is 2.77. The smallest absolute Gasteiger partial charge is 0.277 e. The molecule has 2 aliphatic rings. The molecule has 4 amide bonds. The third kappa shape index (κ3) is 1.49. The highest BCUT2D eigenvalue weighted by molar-refractivity contribution is 6.19. The van der Waals surface area contributed by atoms with Gasteiger partial charge < -0.3 is 0 Å². The molecule has 0 aromatic heterocycles. The summed E-state index contributed by atoms with van der Waals surface area (Å²) in [6, 6.07) is -0.633. The average Bonchev–Trinajstić information content (AvgIpc) is 2.82. The third-order valence-electron chi connectivity index (χ3n) is 3.82. The first-order valence-electron chi connectivity index (χ1n) is 5.84. The molecule has 5 heteroatoms. The zero-order valence-corrected chi connectivity index (χ0v) is 10.0. The number of hydrogen-bond donors (Lipinski definition) is 1. The largest absolute Gasteiger partial charge is 0.330 e. The van der Waals surface area contributed by atoms with Crippen molar-refractivity contribution in [1.29, 1.82) is 0 Å². The van der Waals surface area contributed by atoms with E-state index in [-0.39, 0.29) is 11.8 Å². The summed E-state index contributed by atoms with van der Waals surface area (Å²) >= 11 is 0. The van der Waals surface area contributed by atoms with Gasteiger partial charge in [0.15, 0.2) is 0 Å². The molecular formula is C12H16N2O3. The van der Waals surface area contributed by atoms with Crippen LogP contribution in [0.3, 0.4) is 0 Å². The zero-order valence-electron chi connectivity index (χ0n) is 10.0. The minimum atomic E-state index is -1.10. The van der Waals surface area contributed by atoms with Gasteiger partial charge in [0, 0.05) is 13.0 Å². The lowest BCUT2D eigenvalue weighted by Crippen LogP contribution is -2.64. The second kappa shape index (κ2) is 3.98. The molecule has 17 heavy (non-hydrogen) atoms. The normalized spacial score (nSPS) is 33.2. The number of nitrogens with one attached hydrogen (secondary N) is 1. The van der Waals surface area contributed by atoms with Crippen LogP contribution in [-0.4, -0.2) is 29.8 Å². The number of urea groups is 1. The van der Waals surface area contributed by atoms with E-state index in [0.717, 1.165) is 17.7 Å². The van der Waals surface area contributed by atoms with E-state index in [2.05, 4.69) is 5.32 Å².